The van der Waals surface area contributed by atoms with E-state index in [0.717, 1.165) is 12.0 Å². The number of amides is 2. The third-order valence-corrected chi connectivity index (χ3v) is 4.17. The summed E-state index contributed by atoms with van der Waals surface area (Å²) < 4.78 is 0. The first kappa shape index (κ1) is 14.1. The quantitative estimate of drug-likeness (QED) is 0.918. The number of rotatable bonds is 4. The number of nitrogens with zero attached hydrogens (tertiary/aromatic N) is 1. The number of hydrogen-bond acceptors (Lipinski definition) is 3. The summed E-state index contributed by atoms with van der Waals surface area (Å²) >= 11 is 1.63. The molecule has 0 aromatic carbocycles. The highest BCUT2D eigenvalue weighted by atomic mass is 32.1. The maximum atomic E-state index is 12.5. The smallest absolute Gasteiger partial charge is 0.245 e. The van der Waals surface area contributed by atoms with Gasteiger partial charge in [0.2, 0.25) is 11.8 Å². The van der Waals surface area contributed by atoms with Crippen molar-refractivity contribution in [3.63, 3.8) is 0 Å². The van der Waals surface area contributed by atoms with Gasteiger partial charge in [-0.05, 0) is 35.7 Å². The summed E-state index contributed by atoms with van der Waals surface area (Å²) in [6, 6.07) is 1.62. The molecular formula is C14H20N2O2S. The van der Waals surface area contributed by atoms with E-state index in [4.69, 9.17) is 0 Å². The number of hydrogen-bond donors (Lipinski definition) is 1. The zero-order valence-electron chi connectivity index (χ0n) is 11.4. The minimum absolute atomic E-state index is 0.0212. The number of carbonyl (C=O) groups excluding carboxylic acids is 2. The largest absolute Gasteiger partial charge is 0.344 e. The van der Waals surface area contributed by atoms with Gasteiger partial charge in [-0.15, -0.1) is 0 Å². The fraction of sp³-hybridized carbons (Fsp3) is 0.571. The van der Waals surface area contributed by atoms with E-state index in [0.29, 0.717) is 19.4 Å². The average molecular weight is 280 g/mol. The van der Waals surface area contributed by atoms with Crippen molar-refractivity contribution in [3.05, 3.63) is 22.4 Å². The predicted octanol–water partition coefficient (Wildman–Crippen LogP) is 2.15. The molecule has 1 aromatic rings. The molecule has 2 rings (SSSR count). The Balaban J connectivity index is 2.17. The van der Waals surface area contributed by atoms with Crippen molar-refractivity contribution in [2.75, 3.05) is 0 Å². The Morgan fingerprint density at radius 3 is 2.89 bits per heavy atom. The second-order valence-corrected chi connectivity index (χ2v) is 5.84. The maximum Gasteiger partial charge on any atom is 0.245 e. The van der Waals surface area contributed by atoms with E-state index in [1.54, 1.807) is 11.3 Å². The second kappa shape index (κ2) is 6.19. The first-order valence-corrected chi connectivity index (χ1v) is 7.67. The second-order valence-electron chi connectivity index (χ2n) is 5.06. The van der Waals surface area contributed by atoms with Crippen molar-refractivity contribution in [2.24, 2.45) is 0 Å². The van der Waals surface area contributed by atoms with Gasteiger partial charge in [0, 0.05) is 19.0 Å². The van der Waals surface area contributed by atoms with Crippen molar-refractivity contribution in [2.45, 2.75) is 51.7 Å². The minimum atomic E-state index is -0.360. The van der Waals surface area contributed by atoms with Crippen LogP contribution >= 0.6 is 11.3 Å². The predicted molar refractivity (Wildman–Crippen MR) is 75.8 cm³/mol. The summed E-state index contributed by atoms with van der Waals surface area (Å²) in [6.07, 6.45) is 1.98. The number of thiophene rings is 1. The normalized spacial score (nSPS) is 24.2. The Morgan fingerprint density at radius 2 is 2.26 bits per heavy atom. The summed E-state index contributed by atoms with van der Waals surface area (Å²) in [6.45, 7) is 4.56. The van der Waals surface area contributed by atoms with Crippen LogP contribution in [-0.2, 0) is 16.1 Å². The van der Waals surface area contributed by atoms with Gasteiger partial charge in [-0.2, -0.15) is 11.3 Å². The van der Waals surface area contributed by atoms with Crippen LogP contribution in [0.1, 0.15) is 38.7 Å². The van der Waals surface area contributed by atoms with Crippen molar-refractivity contribution in [3.8, 4) is 0 Å². The molecule has 19 heavy (non-hydrogen) atoms. The van der Waals surface area contributed by atoms with E-state index >= 15 is 0 Å². The molecule has 4 nitrogen and oxygen atoms in total. The molecule has 5 heteroatoms. The van der Waals surface area contributed by atoms with E-state index in [1.165, 1.54) is 0 Å². The molecule has 2 unspecified atom stereocenters. The molecule has 1 saturated heterocycles. The van der Waals surface area contributed by atoms with Crippen LogP contribution in [0.5, 0.6) is 0 Å². The monoisotopic (exact) mass is 280 g/mol. The first-order chi connectivity index (χ1) is 9.11. The van der Waals surface area contributed by atoms with E-state index in [9.17, 15) is 9.59 Å². The summed E-state index contributed by atoms with van der Waals surface area (Å²) in [4.78, 5) is 26.2. The molecule has 1 aliphatic heterocycles. The molecule has 0 radical (unpaired) electrons. The summed E-state index contributed by atoms with van der Waals surface area (Å²) in [5, 5.41) is 6.90. The molecule has 0 saturated carbocycles. The topological polar surface area (TPSA) is 49.4 Å². The molecule has 104 valence electrons. The van der Waals surface area contributed by atoms with Crippen LogP contribution in [0.3, 0.4) is 0 Å². The van der Waals surface area contributed by atoms with Gasteiger partial charge in [0.1, 0.15) is 6.04 Å². The van der Waals surface area contributed by atoms with Gasteiger partial charge in [0.05, 0.1) is 0 Å². The van der Waals surface area contributed by atoms with Gasteiger partial charge < -0.3 is 10.2 Å². The zero-order valence-corrected chi connectivity index (χ0v) is 12.2. The van der Waals surface area contributed by atoms with E-state index in [-0.39, 0.29) is 23.9 Å². The van der Waals surface area contributed by atoms with Crippen LogP contribution in [0.15, 0.2) is 16.8 Å². The Morgan fingerprint density at radius 1 is 1.47 bits per heavy atom. The molecule has 1 aliphatic rings. The molecule has 1 fully saturated rings. The van der Waals surface area contributed by atoms with E-state index in [2.05, 4.69) is 10.7 Å². The SMILES string of the molecule is CCCC1NC(=O)CC(C)N(Cc2ccsc2)C1=O. The van der Waals surface area contributed by atoms with Gasteiger partial charge in [0.25, 0.3) is 0 Å². The minimum Gasteiger partial charge on any atom is -0.344 e. The summed E-state index contributed by atoms with van der Waals surface area (Å²) in [5.41, 5.74) is 1.13. The van der Waals surface area contributed by atoms with Crippen molar-refractivity contribution in [1.29, 1.82) is 0 Å². The Kier molecular flexibility index (Phi) is 4.58. The van der Waals surface area contributed by atoms with Gasteiger partial charge in [0.15, 0.2) is 0 Å². The number of carbonyl (C=O) groups is 2. The molecule has 0 aliphatic carbocycles. The lowest BCUT2D eigenvalue weighted by atomic mass is 10.1. The zero-order chi connectivity index (χ0) is 13.8. The highest BCUT2D eigenvalue weighted by molar-refractivity contribution is 7.07. The lowest BCUT2D eigenvalue weighted by Gasteiger charge is -2.28. The van der Waals surface area contributed by atoms with Gasteiger partial charge in [-0.3, -0.25) is 9.59 Å². The maximum absolute atomic E-state index is 12.5. The lowest BCUT2D eigenvalue weighted by Crippen LogP contribution is -2.45. The molecule has 0 bridgehead atoms. The van der Waals surface area contributed by atoms with Gasteiger partial charge in [-0.1, -0.05) is 13.3 Å². The van der Waals surface area contributed by atoms with Crippen LogP contribution in [-0.4, -0.2) is 28.8 Å². The lowest BCUT2D eigenvalue weighted by molar-refractivity contribution is -0.135. The molecule has 1 N–H and O–H groups in total. The molecule has 2 heterocycles. The fourth-order valence-corrected chi connectivity index (χ4v) is 3.07. The highest BCUT2D eigenvalue weighted by Gasteiger charge is 2.33. The fourth-order valence-electron chi connectivity index (χ4n) is 2.41. The van der Waals surface area contributed by atoms with Gasteiger partial charge in [-0.25, -0.2) is 0 Å². The van der Waals surface area contributed by atoms with Crippen molar-refractivity contribution in [1.82, 2.24) is 10.2 Å². The van der Waals surface area contributed by atoms with Crippen LogP contribution in [0.2, 0.25) is 0 Å². The third-order valence-electron chi connectivity index (χ3n) is 3.44. The molecule has 2 amide bonds. The molecule has 2 atom stereocenters. The average Bonchev–Trinajstić information content (AvgIpc) is 2.84. The van der Waals surface area contributed by atoms with Crippen LogP contribution in [0.25, 0.3) is 0 Å². The van der Waals surface area contributed by atoms with Crippen molar-refractivity contribution >= 4 is 23.2 Å². The Hall–Kier alpha value is -1.36. The standard InChI is InChI=1S/C14H20N2O2S/c1-3-4-12-14(18)16(8-11-5-6-19-9-11)10(2)7-13(17)15-12/h5-6,9-10,12H,3-4,7-8H2,1-2H3,(H,15,17). The van der Waals surface area contributed by atoms with Crippen LogP contribution < -0.4 is 5.32 Å². The molecular weight excluding hydrogens is 260 g/mol. The van der Waals surface area contributed by atoms with E-state index in [1.807, 2.05) is 30.2 Å². The summed E-state index contributed by atoms with van der Waals surface area (Å²) in [5.74, 6) is 0.0264. The summed E-state index contributed by atoms with van der Waals surface area (Å²) in [7, 11) is 0. The van der Waals surface area contributed by atoms with Crippen molar-refractivity contribution < 1.29 is 9.59 Å². The Bertz CT molecular complexity index is 444. The number of nitrogens with one attached hydrogen (secondary N) is 1. The van der Waals surface area contributed by atoms with Crippen LogP contribution in [0.4, 0.5) is 0 Å². The third kappa shape index (κ3) is 3.35. The molecule has 1 aromatic heterocycles. The Labute approximate surface area is 117 Å². The first-order valence-electron chi connectivity index (χ1n) is 6.72. The van der Waals surface area contributed by atoms with E-state index < -0.39 is 0 Å². The van der Waals surface area contributed by atoms with Crippen LogP contribution in [0, 0.1) is 0 Å². The molecule has 0 spiro atoms. The highest BCUT2D eigenvalue weighted by Crippen LogP contribution is 2.18. The van der Waals surface area contributed by atoms with Gasteiger partial charge >= 0.3 is 0 Å².